The summed E-state index contributed by atoms with van der Waals surface area (Å²) in [6, 6.07) is 4.80. The van der Waals surface area contributed by atoms with E-state index in [1.807, 2.05) is 12.3 Å². The van der Waals surface area contributed by atoms with Crippen molar-refractivity contribution in [1.82, 2.24) is 15.0 Å². The Hall–Kier alpha value is -2.54. The molecule has 6 nitrogen and oxygen atoms in total. The number of fused-ring (bicyclic) bond motifs is 1. The van der Waals surface area contributed by atoms with Gasteiger partial charge < -0.3 is 10.4 Å². The van der Waals surface area contributed by atoms with E-state index in [2.05, 4.69) is 20.3 Å². The van der Waals surface area contributed by atoms with Gasteiger partial charge in [0.25, 0.3) is 0 Å². The number of carboxylic acids is 1. The third-order valence-electron chi connectivity index (χ3n) is 2.96. The number of aromatic carboxylic acids is 1. The van der Waals surface area contributed by atoms with E-state index in [9.17, 15) is 4.79 Å². The Labute approximate surface area is 124 Å². The lowest BCUT2D eigenvalue weighted by Crippen LogP contribution is -2.03. The number of benzene rings is 1. The van der Waals surface area contributed by atoms with Gasteiger partial charge in [0, 0.05) is 16.5 Å². The highest BCUT2D eigenvalue weighted by atomic mass is 32.1. The number of nitrogens with one attached hydrogen (secondary N) is 1. The molecular formula is C14H12N4O2S. The van der Waals surface area contributed by atoms with Crippen molar-refractivity contribution in [3.05, 3.63) is 46.2 Å². The Morgan fingerprint density at radius 2 is 2.24 bits per heavy atom. The first-order valence-corrected chi connectivity index (χ1v) is 7.14. The van der Waals surface area contributed by atoms with Crippen LogP contribution in [0.25, 0.3) is 10.9 Å². The standard InChI is InChI=1S/C14H12N4O2S/c1-8-6-21-12(18-8)5-15-13-10-3-2-9(14(19)20)4-11(10)16-7-17-13/h2-4,6-7H,5H2,1H3,(H,19,20)(H,15,16,17). The maximum atomic E-state index is 11.0. The fraction of sp³-hybridized carbons (Fsp3) is 0.143. The number of nitrogens with zero attached hydrogens (tertiary/aromatic N) is 3. The Kier molecular flexibility index (Phi) is 3.49. The summed E-state index contributed by atoms with van der Waals surface area (Å²) in [6.45, 7) is 2.53. The van der Waals surface area contributed by atoms with Crippen LogP contribution in [0.5, 0.6) is 0 Å². The molecule has 7 heteroatoms. The zero-order chi connectivity index (χ0) is 14.8. The molecule has 0 unspecified atom stereocenters. The van der Waals surface area contributed by atoms with E-state index < -0.39 is 5.97 Å². The topological polar surface area (TPSA) is 88.0 Å². The van der Waals surface area contributed by atoms with Gasteiger partial charge in [-0.1, -0.05) is 0 Å². The van der Waals surface area contributed by atoms with Crippen molar-refractivity contribution >= 4 is 34.0 Å². The van der Waals surface area contributed by atoms with Gasteiger partial charge in [0.2, 0.25) is 0 Å². The highest BCUT2D eigenvalue weighted by molar-refractivity contribution is 7.09. The zero-order valence-corrected chi connectivity index (χ0v) is 12.0. The predicted molar refractivity (Wildman–Crippen MR) is 80.7 cm³/mol. The highest BCUT2D eigenvalue weighted by Crippen LogP contribution is 2.21. The summed E-state index contributed by atoms with van der Waals surface area (Å²) in [5.41, 5.74) is 1.81. The number of hydrogen-bond donors (Lipinski definition) is 2. The minimum absolute atomic E-state index is 0.211. The number of thiazole rings is 1. The van der Waals surface area contributed by atoms with E-state index in [1.165, 1.54) is 12.4 Å². The molecule has 0 amide bonds. The van der Waals surface area contributed by atoms with Crippen LogP contribution in [0.4, 0.5) is 5.82 Å². The number of anilines is 1. The largest absolute Gasteiger partial charge is 0.478 e. The lowest BCUT2D eigenvalue weighted by molar-refractivity contribution is 0.0697. The number of hydrogen-bond acceptors (Lipinski definition) is 6. The third-order valence-corrected chi connectivity index (χ3v) is 3.92. The molecular weight excluding hydrogens is 288 g/mol. The minimum atomic E-state index is -0.969. The molecule has 2 aromatic heterocycles. The lowest BCUT2D eigenvalue weighted by atomic mass is 10.1. The van der Waals surface area contributed by atoms with Crippen LogP contribution in [0.3, 0.4) is 0 Å². The van der Waals surface area contributed by atoms with Gasteiger partial charge in [0.15, 0.2) is 0 Å². The van der Waals surface area contributed by atoms with Gasteiger partial charge in [-0.25, -0.2) is 19.7 Å². The Balaban J connectivity index is 1.90. The van der Waals surface area contributed by atoms with Crippen LogP contribution in [0, 0.1) is 6.92 Å². The molecule has 21 heavy (non-hydrogen) atoms. The van der Waals surface area contributed by atoms with Crippen molar-refractivity contribution in [2.45, 2.75) is 13.5 Å². The monoisotopic (exact) mass is 300 g/mol. The average Bonchev–Trinajstić information content (AvgIpc) is 2.90. The molecule has 0 fully saturated rings. The molecule has 0 aliphatic heterocycles. The number of carboxylic acid groups (broad SMARTS) is 1. The van der Waals surface area contributed by atoms with E-state index in [0.717, 1.165) is 16.1 Å². The summed E-state index contributed by atoms with van der Waals surface area (Å²) in [5.74, 6) is -0.298. The molecule has 0 radical (unpaired) electrons. The molecule has 2 heterocycles. The van der Waals surface area contributed by atoms with Crippen molar-refractivity contribution in [2.75, 3.05) is 5.32 Å². The number of aromatic nitrogens is 3. The maximum absolute atomic E-state index is 11.0. The second-order valence-electron chi connectivity index (χ2n) is 4.50. The fourth-order valence-electron chi connectivity index (χ4n) is 1.97. The number of aryl methyl sites for hydroxylation is 1. The van der Waals surface area contributed by atoms with E-state index in [1.54, 1.807) is 23.5 Å². The molecule has 1 aromatic carbocycles. The molecule has 0 spiro atoms. The highest BCUT2D eigenvalue weighted by Gasteiger charge is 2.08. The molecule has 0 atom stereocenters. The lowest BCUT2D eigenvalue weighted by Gasteiger charge is -2.07. The Morgan fingerprint density at radius 1 is 1.38 bits per heavy atom. The molecule has 0 aliphatic rings. The maximum Gasteiger partial charge on any atom is 0.335 e. The number of rotatable bonds is 4. The first-order chi connectivity index (χ1) is 10.1. The van der Waals surface area contributed by atoms with Crippen molar-refractivity contribution in [3.8, 4) is 0 Å². The summed E-state index contributed by atoms with van der Waals surface area (Å²) >= 11 is 1.59. The minimum Gasteiger partial charge on any atom is -0.478 e. The smallest absolute Gasteiger partial charge is 0.335 e. The summed E-state index contributed by atoms with van der Waals surface area (Å²) in [7, 11) is 0. The third kappa shape index (κ3) is 2.82. The SMILES string of the molecule is Cc1csc(CNc2ncnc3cc(C(=O)O)ccc23)n1. The fourth-order valence-corrected chi connectivity index (χ4v) is 2.69. The van der Waals surface area contributed by atoms with Gasteiger partial charge in [-0.05, 0) is 25.1 Å². The average molecular weight is 300 g/mol. The zero-order valence-electron chi connectivity index (χ0n) is 11.2. The molecule has 0 saturated carbocycles. The first kappa shape index (κ1) is 13.4. The first-order valence-electron chi connectivity index (χ1n) is 6.26. The van der Waals surface area contributed by atoms with Crippen LogP contribution < -0.4 is 5.32 Å². The molecule has 106 valence electrons. The van der Waals surface area contributed by atoms with Crippen LogP contribution in [-0.2, 0) is 6.54 Å². The summed E-state index contributed by atoms with van der Waals surface area (Å²) in [5, 5.41) is 16.0. The Morgan fingerprint density at radius 3 is 2.95 bits per heavy atom. The molecule has 3 aromatic rings. The second kappa shape index (κ2) is 5.45. The van der Waals surface area contributed by atoms with Crippen LogP contribution in [0.1, 0.15) is 21.1 Å². The molecule has 0 bridgehead atoms. The predicted octanol–water partition coefficient (Wildman–Crippen LogP) is 2.71. The number of carbonyl (C=O) groups is 1. The van der Waals surface area contributed by atoms with Gasteiger partial charge in [-0.3, -0.25) is 0 Å². The van der Waals surface area contributed by atoms with Gasteiger partial charge in [0.1, 0.15) is 17.2 Å². The van der Waals surface area contributed by atoms with Gasteiger partial charge in [-0.2, -0.15) is 0 Å². The molecule has 3 rings (SSSR count). The summed E-state index contributed by atoms with van der Waals surface area (Å²) < 4.78 is 0. The van der Waals surface area contributed by atoms with Crippen molar-refractivity contribution in [2.24, 2.45) is 0 Å². The summed E-state index contributed by atoms with van der Waals surface area (Å²) in [6.07, 6.45) is 1.42. The van der Waals surface area contributed by atoms with Crippen LogP contribution in [0.2, 0.25) is 0 Å². The van der Waals surface area contributed by atoms with Gasteiger partial charge in [0.05, 0.1) is 17.6 Å². The van der Waals surface area contributed by atoms with Gasteiger partial charge in [-0.15, -0.1) is 11.3 Å². The normalized spacial score (nSPS) is 10.7. The quantitative estimate of drug-likeness (QED) is 0.770. The van der Waals surface area contributed by atoms with E-state index >= 15 is 0 Å². The van der Waals surface area contributed by atoms with E-state index in [-0.39, 0.29) is 5.56 Å². The Bertz CT molecular complexity index is 816. The molecule has 0 aliphatic carbocycles. The van der Waals surface area contributed by atoms with Crippen molar-refractivity contribution in [3.63, 3.8) is 0 Å². The molecule has 2 N–H and O–H groups in total. The van der Waals surface area contributed by atoms with E-state index in [4.69, 9.17) is 5.11 Å². The van der Waals surface area contributed by atoms with Crippen LogP contribution >= 0.6 is 11.3 Å². The van der Waals surface area contributed by atoms with Crippen molar-refractivity contribution < 1.29 is 9.90 Å². The van der Waals surface area contributed by atoms with Crippen LogP contribution in [-0.4, -0.2) is 26.0 Å². The van der Waals surface area contributed by atoms with Crippen LogP contribution in [0.15, 0.2) is 29.9 Å². The summed E-state index contributed by atoms with van der Waals surface area (Å²) in [4.78, 5) is 23.7. The van der Waals surface area contributed by atoms with Gasteiger partial charge >= 0.3 is 5.97 Å². The second-order valence-corrected chi connectivity index (χ2v) is 5.44. The van der Waals surface area contributed by atoms with E-state index in [0.29, 0.717) is 17.9 Å². The van der Waals surface area contributed by atoms with Crippen molar-refractivity contribution in [1.29, 1.82) is 0 Å². The molecule has 0 saturated heterocycles.